The molecule has 0 amide bonds. The van der Waals surface area contributed by atoms with Crippen LogP contribution < -0.4 is 0 Å². The van der Waals surface area contributed by atoms with Crippen molar-refractivity contribution >= 4 is 6.08 Å². The van der Waals surface area contributed by atoms with Crippen LogP contribution >= 0.6 is 0 Å². The summed E-state index contributed by atoms with van der Waals surface area (Å²) in [7, 11) is 0. The van der Waals surface area contributed by atoms with Crippen LogP contribution in [0.3, 0.4) is 0 Å². The summed E-state index contributed by atoms with van der Waals surface area (Å²) in [6.07, 6.45) is -1.85. The van der Waals surface area contributed by atoms with Gasteiger partial charge in [-0.3, -0.25) is 0 Å². The smallest absolute Gasteiger partial charge is 0.267 e. The van der Waals surface area contributed by atoms with Gasteiger partial charge in [-0.2, -0.15) is 0 Å². The number of benzene rings is 1. The number of aliphatic hydroxyl groups is 1. The summed E-state index contributed by atoms with van der Waals surface area (Å²) >= 11 is 0. The first-order valence-corrected chi connectivity index (χ1v) is 3.89. The molecule has 1 rings (SSSR count). The minimum absolute atomic E-state index is 0.794. The van der Waals surface area contributed by atoms with Crippen molar-refractivity contribution in [2.45, 2.75) is 12.5 Å². The van der Waals surface area contributed by atoms with E-state index in [9.17, 15) is 8.78 Å². The molecule has 1 atom stereocenters. The lowest BCUT2D eigenvalue weighted by molar-refractivity contribution is 0.0246. The average molecular weight is 184 g/mol. The van der Waals surface area contributed by atoms with Crippen LogP contribution in [0.15, 0.2) is 36.4 Å². The van der Waals surface area contributed by atoms with Crippen molar-refractivity contribution in [3.05, 3.63) is 42.0 Å². The van der Waals surface area contributed by atoms with E-state index < -0.39 is 12.5 Å². The minimum Gasteiger partial charge on any atom is -0.383 e. The van der Waals surface area contributed by atoms with Crippen molar-refractivity contribution in [1.82, 2.24) is 0 Å². The number of halogens is 2. The summed E-state index contributed by atoms with van der Waals surface area (Å²) in [5.74, 6) is 0. The van der Waals surface area contributed by atoms with Gasteiger partial charge in [-0.15, -0.1) is 0 Å². The normalized spacial score (nSPS) is 13.8. The Morgan fingerprint density at radius 1 is 1.15 bits per heavy atom. The van der Waals surface area contributed by atoms with Gasteiger partial charge in [-0.05, 0) is 11.6 Å². The van der Waals surface area contributed by atoms with Crippen LogP contribution in [-0.4, -0.2) is 17.6 Å². The summed E-state index contributed by atoms with van der Waals surface area (Å²) in [6, 6.07) is 8.98. The van der Waals surface area contributed by atoms with E-state index in [4.69, 9.17) is 5.11 Å². The highest BCUT2D eigenvalue weighted by Crippen LogP contribution is 2.06. The molecule has 0 unspecified atom stereocenters. The molecule has 0 saturated carbocycles. The lowest BCUT2D eigenvalue weighted by Crippen LogP contribution is -2.13. The maximum absolute atomic E-state index is 11.8. The summed E-state index contributed by atoms with van der Waals surface area (Å²) in [4.78, 5) is 0. The Hall–Kier alpha value is -1.22. The zero-order valence-corrected chi connectivity index (χ0v) is 6.90. The van der Waals surface area contributed by atoms with E-state index in [1.807, 2.05) is 6.07 Å². The van der Waals surface area contributed by atoms with Gasteiger partial charge in [0.1, 0.15) is 6.10 Å². The number of hydrogen-bond donors (Lipinski definition) is 1. The van der Waals surface area contributed by atoms with E-state index in [0.29, 0.717) is 0 Å². The minimum atomic E-state index is -2.72. The van der Waals surface area contributed by atoms with Crippen LogP contribution in [0, 0.1) is 0 Å². The standard InChI is InChI=1S/C10H10F2O/c11-10(12)9(13)7-6-8-4-2-1-3-5-8/h1-7,9-10,13H/b7-6+/t9-/m0/s1. The fourth-order valence-corrected chi connectivity index (χ4v) is 0.858. The summed E-state index contributed by atoms with van der Waals surface area (Å²) < 4.78 is 23.7. The van der Waals surface area contributed by atoms with Gasteiger partial charge in [-0.25, -0.2) is 8.78 Å². The molecule has 0 aliphatic heterocycles. The number of hydrogen-bond acceptors (Lipinski definition) is 1. The fraction of sp³-hybridized carbons (Fsp3) is 0.200. The topological polar surface area (TPSA) is 20.2 Å². The molecule has 13 heavy (non-hydrogen) atoms. The molecule has 3 heteroatoms. The Balaban J connectivity index is 2.59. The molecule has 0 bridgehead atoms. The van der Waals surface area contributed by atoms with Gasteiger partial charge in [0.25, 0.3) is 6.43 Å². The molecule has 1 nitrogen and oxygen atoms in total. The summed E-state index contributed by atoms with van der Waals surface area (Å²) in [5, 5.41) is 8.75. The summed E-state index contributed by atoms with van der Waals surface area (Å²) in [5.41, 5.74) is 0.794. The van der Waals surface area contributed by atoms with Crippen molar-refractivity contribution in [1.29, 1.82) is 0 Å². The fourth-order valence-electron chi connectivity index (χ4n) is 0.858. The molecule has 1 aromatic rings. The second kappa shape index (κ2) is 4.72. The monoisotopic (exact) mass is 184 g/mol. The van der Waals surface area contributed by atoms with Crippen LogP contribution in [0.1, 0.15) is 5.56 Å². The number of rotatable bonds is 3. The average Bonchev–Trinajstić information content (AvgIpc) is 2.15. The van der Waals surface area contributed by atoms with E-state index in [1.54, 1.807) is 24.3 Å². The van der Waals surface area contributed by atoms with E-state index in [-0.39, 0.29) is 0 Å². The predicted octanol–water partition coefficient (Wildman–Crippen LogP) is 2.33. The largest absolute Gasteiger partial charge is 0.383 e. The van der Waals surface area contributed by atoms with Crippen LogP contribution in [0.2, 0.25) is 0 Å². The van der Waals surface area contributed by atoms with Gasteiger partial charge in [0.15, 0.2) is 0 Å². The third kappa shape index (κ3) is 3.34. The Bertz CT molecular complexity index is 270. The molecular formula is C10H10F2O. The Morgan fingerprint density at radius 2 is 1.77 bits per heavy atom. The Labute approximate surface area is 75.3 Å². The number of aliphatic hydroxyl groups excluding tert-OH is 1. The maximum atomic E-state index is 11.8. The van der Waals surface area contributed by atoms with Crippen LogP contribution in [0.25, 0.3) is 6.08 Å². The van der Waals surface area contributed by atoms with E-state index in [2.05, 4.69) is 0 Å². The summed E-state index contributed by atoms with van der Waals surface area (Å²) in [6.45, 7) is 0. The Kier molecular flexibility index (Phi) is 3.58. The molecule has 1 aromatic carbocycles. The molecule has 0 spiro atoms. The first-order chi connectivity index (χ1) is 6.20. The molecule has 70 valence electrons. The first kappa shape index (κ1) is 9.86. The van der Waals surface area contributed by atoms with Crippen molar-refractivity contribution in [3.8, 4) is 0 Å². The van der Waals surface area contributed by atoms with E-state index in [0.717, 1.165) is 11.6 Å². The van der Waals surface area contributed by atoms with Crippen LogP contribution in [0.5, 0.6) is 0 Å². The first-order valence-electron chi connectivity index (χ1n) is 3.89. The maximum Gasteiger partial charge on any atom is 0.267 e. The number of alkyl halides is 2. The van der Waals surface area contributed by atoms with Crippen molar-refractivity contribution in [2.75, 3.05) is 0 Å². The quantitative estimate of drug-likeness (QED) is 0.764. The molecule has 0 saturated heterocycles. The third-order valence-electron chi connectivity index (χ3n) is 1.54. The van der Waals surface area contributed by atoms with Crippen LogP contribution in [-0.2, 0) is 0 Å². The molecule has 0 heterocycles. The molecule has 0 aliphatic rings. The molecule has 0 aliphatic carbocycles. The van der Waals surface area contributed by atoms with Gasteiger partial charge < -0.3 is 5.11 Å². The van der Waals surface area contributed by atoms with E-state index in [1.165, 1.54) is 6.08 Å². The molecule has 0 radical (unpaired) electrons. The second-order valence-corrected chi connectivity index (χ2v) is 2.59. The lowest BCUT2D eigenvalue weighted by Gasteiger charge is -2.01. The molecule has 0 fully saturated rings. The predicted molar refractivity (Wildman–Crippen MR) is 47.5 cm³/mol. The van der Waals surface area contributed by atoms with Gasteiger partial charge >= 0.3 is 0 Å². The second-order valence-electron chi connectivity index (χ2n) is 2.59. The van der Waals surface area contributed by atoms with Gasteiger partial charge in [0.2, 0.25) is 0 Å². The van der Waals surface area contributed by atoms with Crippen molar-refractivity contribution in [2.24, 2.45) is 0 Å². The zero-order valence-electron chi connectivity index (χ0n) is 6.90. The van der Waals surface area contributed by atoms with E-state index >= 15 is 0 Å². The highest BCUT2D eigenvalue weighted by molar-refractivity contribution is 5.49. The van der Waals surface area contributed by atoms with Crippen LogP contribution in [0.4, 0.5) is 8.78 Å². The molecule has 0 aromatic heterocycles. The van der Waals surface area contributed by atoms with Gasteiger partial charge in [-0.1, -0.05) is 36.4 Å². The van der Waals surface area contributed by atoms with Crippen molar-refractivity contribution in [3.63, 3.8) is 0 Å². The van der Waals surface area contributed by atoms with Gasteiger partial charge in [0, 0.05) is 0 Å². The lowest BCUT2D eigenvalue weighted by atomic mass is 10.2. The third-order valence-corrected chi connectivity index (χ3v) is 1.54. The highest BCUT2D eigenvalue weighted by Gasteiger charge is 2.11. The van der Waals surface area contributed by atoms with Crippen molar-refractivity contribution < 1.29 is 13.9 Å². The molecule has 1 N–H and O–H groups in total. The SMILES string of the molecule is O[C@@H](/C=C/c1ccccc1)C(F)F. The zero-order chi connectivity index (χ0) is 9.68. The van der Waals surface area contributed by atoms with Gasteiger partial charge in [0.05, 0.1) is 0 Å². The Morgan fingerprint density at radius 3 is 2.31 bits per heavy atom. The highest BCUT2D eigenvalue weighted by atomic mass is 19.3. The molecular weight excluding hydrogens is 174 g/mol.